The van der Waals surface area contributed by atoms with Crippen molar-refractivity contribution >= 4 is 0 Å². The van der Waals surface area contributed by atoms with Gasteiger partial charge in [-0.2, -0.15) is 0 Å². The fourth-order valence-corrected chi connectivity index (χ4v) is 4.05. The van der Waals surface area contributed by atoms with E-state index in [1.54, 1.807) is 0 Å². The Labute approximate surface area is 167 Å². The van der Waals surface area contributed by atoms with E-state index >= 15 is 0 Å². The second-order valence-electron chi connectivity index (χ2n) is 7.77. The molecule has 3 aromatic rings. The molecule has 0 N–H and O–H groups in total. The molecule has 1 fully saturated rings. The number of nitrogens with zero attached hydrogens (tertiary/aromatic N) is 2. The molecule has 1 aromatic heterocycles. The first-order valence-electron chi connectivity index (χ1n) is 10.2. The van der Waals surface area contributed by atoms with E-state index in [4.69, 9.17) is 4.98 Å². The van der Waals surface area contributed by atoms with Crippen LogP contribution in [0, 0.1) is 5.82 Å². The molecule has 2 heterocycles. The second kappa shape index (κ2) is 9.11. The van der Waals surface area contributed by atoms with Crippen LogP contribution in [0.5, 0.6) is 0 Å². The van der Waals surface area contributed by atoms with Crippen LogP contribution >= 0.6 is 0 Å². The first-order chi connectivity index (χ1) is 13.8. The van der Waals surface area contributed by atoms with E-state index in [0.717, 1.165) is 31.5 Å². The minimum atomic E-state index is -0.189. The summed E-state index contributed by atoms with van der Waals surface area (Å²) >= 11 is 0. The average Bonchev–Trinajstić information content (AvgIpc) is 2.75. The van der Waals surface area contributed by atoms with Gasteiger partial charge in [0, 0.05) is 30.9 Å². The molecule has 144 valence electrons. The van der Waals surface area contributed by atoms with E-state index in [-0.39, 0.29) is 5.82 Å². The smallest absolute Gasteiger partial charge is 0.123 e. The Bertz CT molecular complexity index is 859. The lowest BCUT2D eigenvalue weighted by Crippen LogP contribution is -2.36. The van der Waals surface area contributed by atoms with Crippen LogP contribution in [0.1, 0.15) is 41.1 Å². The van der Waals surface area contributed by atoms with Gasteiger partial charge in [-0.15, -0.1) is 0 Å². The lowest BCUT2D eigenvalue weighted by molar-refractivity contribution is 0.208. The van der Waals surface area contributed by atoms with Crippen LogP contribution < -0.4 is 0 Å². The van der Waals surface area contributed by atoms with Gasteiger partial charge in [-0.1, -0.05) is 48.5 Å². The maximum atomic E-state index is 13.1. The van der Waals surface area contributed by atoms with E-state index < -0.39 is 0 Å². The van der Waals surface area contributed by atoms with Crippen molar-refractivity contribution in [3.8, 4) is 0 Å². The largest absolute Gasteiger partial charge is 0.302 e. The lowest BCUT2D eigenvalue weighted by atomic mass is 9.93. The van der Waals surface area contributed by atoms with Gasteiger partial charge in [0.25, 0.3) is 0 Å². The van der Waals surface area contributed by atoms with Crippen molar-refractivity contribution in [2.45, 2.75) is 31.6 Å². The number of benzene rings is 2. The van der Waals surface area contributed by atoms with Crippen molar-refractivity contribution in [1.82, 2.24) is 9.88 Å². The number of hydrogen-bond donors (Lipinski definition) is 0. The molecular formula is C25H27FN2. The summed E-state index contributed by atoms with van der Waals surface area (Å²) in [5.74, 6) is 0.329. The zero-order chi connectivity index (χ0) is 19.2. The quantitative estimate of drug-likeness (QED) is 0.587. The summed E-state index contributed by atoms with van der Waals surface area (Å²) in [5.41, 5.74) is 4.90. The Kier molecular flexibility index (Phi) is 6.13. The maximum Gasteiger partial charge on any atom is 0.123 e. The second-order valence-corrected chi connectivity index (χ2v) is 7.77. The normalized spacial score (nSPS) is 17.5. The summed E-state index contributed by atoms with van der Waals surface area (Å²) in [4.78, 5) is 7.35. The first-order valence-corrected chi connectivity index (χ1v) is 10.2. The Morgan fingerprint density at radius 1 is 0.893 bits per heavy atom. The lowest BCUT2D eigenvalue weighted by Gasteiger charge is -2.32. The molecule has 1 saturated heterocycles. The van der Waals surface area contributed by atoms with Crippen molar-refractivity contribution in [3.63, 3.8) is 0 Å². The molecular weight excluding hydrogens is 347 g/mol. The molecule has 0 amide bonds. The predicted molar refractivity (Wildman–Crippen MR) is 112 cm³/mol. The van der Waals surface area contributed by atoms with E-state index in [9.17, 15) is 4.39 Å². The zero-order valence-electron chi connectivity index (χ0n) is 16.2. The van der Waals surface area contributed by atoms with Gasteiger partial charge in [-0.3, -0.25) is 4.98 Å². The van der Waals surface area contributed by atoms with Gasteiger partial charge < -0.3 is 4.90 Å². The topological polar surface area (TPSA) is 16.1 Å². The number of likely N-dealkylation sites (tertiary alicyclic amines) is 1. The van der Waals surface area contributed by atoms with Crippen LogP contribution in [-0.2, 0) is 12.8 Å². The van der Waals surface area contributed by atoms with Gasteiger partial charge in [0.1, 0.15) is 5.82 Å². The number of halogens is 1. The molecule has 1 aliphatic rings. The fraction of sp³-hybridized carbons (Fsp3) is 0.320. The molecule has 2 aromatic carbocycles. The van der Waals surface area contributed by atoms with Crippen LogP contribution in [0.15, 0.2) is 72.9 Å². The molecule has 1 aliphatic heterocycles. The average molecular weight is 375 g/mol. The molecule has 0 spiro atoms. The molecule has 4 rings (SSSR count). The standard InChI is InChI=1S/C25H27FN2/c26-24-11-8-21(9-12-24)17-22-10-13-25(27-18-22)23-7-4-15-28(19-23)16-14-20-5-2-1-3-6-20/h1-3,5-6,8-13,18,23H,4,7,14-17,19H2/t23-/m0/s1. The number of aromatic nitrogens is 1. The van der Waals surface area contributed by atoms with E-state index in [2.05, 4.69) is 47.4 Å². The van der Waals surface area contributed by atoms with Crippen molar-refractivity contribution in [2.24, 2.45) is 0 Å². The van der Waals surface area contributed by atoms with Crippen molar-refractivity contribution in [3.05, 3.63) is 101 Å². The SMILES string of the molecule is Fc1ccc(Cc2ccc([C@H]3CCCN(CCc4ccccc4)C3)nc2)cc1. The fourth-order valence-electron chi connectivity index (χ4n) is 4.05. The molecule has 0 aliphatic carbocycles. The monoisotopic (exact) mass is 374 g/mol. The van der Waals surface area contributed by atoms with Crippen molar-refractivity contribution in [1.29, 1.82) is 0 Å². The van der Waals surface area contributed by atoms with Gasteiger partial charge >= 0.3 is 0 Å². The zero-order valence-corrected chi connectivity index (χ0v) is 16.2. The van der Waals surface area contributed by atoms with Gasteiger partial charge in [-0.25, -0.2) is 4.39 Å². The number of pyridine rings is 1. The molecule has 0 unspecified atom stereocenters. The van der Waals surface area contributed by atoms with Crippen LogP contribution in [-0.4, -0.2) is 29.5 Å². The minimum absolute atomic E-state index is 0.189. The van der Waals surface area contributed by atoms with Crippen LogP contribution in [0.2, 0.25) is 0 Å². The van der Waals surface area contributed by atoms with Crippen LogP contribution in [0.4, 0.5) is 4.39 Å². The Morgan fingerprint density at radius 3 is 2.43 bits per heavy atom. The third-order valence-corrected chi connectivity index (χ3v) is 5.65. The Hall–Kier alpha value is -2.52. The Morgan fingerprint density at radius 2 is 1.68 bits per heavy atom. The summed E-state index contributed by atoms with van der Waals surface area (Å²) < 4.78 is 13.1. The molecule has 0 saturated carbocycles. The summed E-state index contributed by atoms with van der Waals surface area (Å²) in [5, 5.41) is 0. The predicted octanol–water partition coefficient (Wildman–Crippen LogP) is 5.23. The first kappa shape index (κ1) is 18.8. The molecule has 0 radical (unpaired) electrons. The van der Waals surface area contributed by atoms with Crippen molar-refractivity contribution in [2.75, 3.05) is 19.6 Å². The van der Waals surface area contributed by atoms with Crippen LogP contribution in [0.25, 0.3) is 0 Å². The van der Waals surface area contributed by atoms with E-state index in [1.165, 1.54) is 48.3 Å². The summed E-state index contributed by atoms with van der Waals surface area (Å²) in [6.07, 6.45) is 6.34. The number of rotatable bonds is 6. The number of piperidine rings is 1. The summed E-state index contributed by atoms with van der Waals surface area (Å²) in [6.45, 7) is 3.40. The molecule has 2 nitrogen and oxygen atoms in total. The highest BCUT2D eigenvalue weighted by Gasteiger charge is 2.22. The maximum absolute atomic E-state index is 13.1. The molecule has 3 heteroatoms. The van der Waals surface area contributed by atoms with E-state index in [0.29, 0.717) is 5.92 Å². The Balaban J connectivity index is 1.33. The van der Waals surface area contributed by atoms with Crippen molar-refractivity contribution < 1.29 is 4.39 Å². The van der Waals surface area contributed by atoms with E-state index in [1.807, 2.05) is 18.3 Å². The number of hydrogen-bond acceptors (Lipinski definition) is 2. The summed E-state index contributed by atoms with van der Waals surface area (Å²) in [6, 6.07) is 21.8. The van der Waals surface area contributed by atoms with Crippen LogP contribution in [0.3, 0.4) is 0 Å². The highest BCUT2D eigenvalue weighted by molar-refractivity contribution is 5.26. The molecule has 0 bridgehead atoms. The third-order valence-electron chi connectivity index (χ3n) is 5.65. The van der Waals surface area contributed by atoms with Gasteiger partial charge in [0.2, 0.25) is 0 Å². The van der Waals surface area contributed by atoms with Gasteiger partial charge in [0.15, 0.2) is 0 Å². The minimum Gasteiger partial charge on any atom is -0.302 e. The molecule has 28 heavy (non-hydrogen) atoms. The van der Waals surface area contributed by atoms with Gasteiger partial charge in [0.05, 0.1) is 0 Å². The summed E-state index contributed by atoms with van der Waals surface area (Å²) in [7, 11) is 0. The third kappa shape index (κ3) is 5.05. The molecule has 1 atom stereocenters. The highest BCUT2D eigenvalue weighted by Crippen LogP contribution is 2.26. The van der Waals surface area contributed by atoms with Gasteiger partial charge in [-0.05, 0) is 67.1 Å². The highest BCUT2D eigenvalue weighted by atomic mass is 19.1.